The standard InChI is InChI=1S/C15H24N4/c1-15(7-3-2-4-8-15)14-18-17-13-12(11-5-6-11)16-9-10-19(13)14/h11-12,16H,2-10H2,1H3. The lowest BCUT2D eigenvalue weighted by atomic mass is 9.75. The number of hydrogen-bond donors (Lipinski definition) is 1. The first-order chi connectivity index (χ1) is 9.28. The minimum absolute atomic E-state index is 0.273. The summed E-state index contributed by atoms with van der Waals surface area (Å²) in [4.78, 5) is 0. The van der Waals surface area contributed by atoms with Gasteiger partial charge in [0.15, 0.2) is 5.82 Å². The van der Waals surface area contributed by atoms with E-state index >= 15 is 0 Å². The van der Waals surface area contributed by atoms with Gasteiger partial charge in [0, 0.05) is 18.5 Å². The molecule has 1 N–H and O–H groups in total. The first-order valence-corrected chi connectivity index (χ1v) is 7.95. The largest absolute Gasteiger partial charge is 0.312 e. The van der Waals surface area contributed by atoms with Gasteiger partial charge in [-0.25, -0.2) is 0 Å². The van der Waals surface area contributed by atoms with Gasteiger partial charge in [-0.05, 0) is 31.6 Å². The van der Waals surface area contributed by atoms with Crippen LogP contribution in [0.4, 0.5) is 0 Å². The maximum Gasteiger partial charge on any atom is 0.150 e. The summed E-state index contributed by atoms with van der Waals surface area (Å²) in [6.07, 6.45) is 9.38. The van der Waals surface area contributed by atoms with Crippen molar-refractivity contribution in [2.24, 2.45) is 5.92 Å². The Kier molecular flexibility index (Phi) is 2.69. The Morgan fingerprint density at radius 3 is 2.68 bits per heavy atom. The molecule has 1 aromatic heterocycles. The Bertz CT molecular complexity index is 468. The molecular formula is C15H24N4. The Morgan fingerprint density at radius 1 is 1.16 bits per heavy atom. The smallest absolute Gasteiger partial charge is 0.150 e. The quantitative estimate of drug-likeness (QED) is 0.888. The number of nitrogens with one attached hydrogen (secondary N) is 1. The number of hydrogen-bond acceptors (Lipinski definition) is 3. The number of rotatable bonds is 2. The molecule has 2 saturated carbocycles. The van der Waals surface area contributed by atoms with Crippen molar-refractivity contribution in [3.8, 4) is 0 Å². The van der Waals surface area contributed by atoms with Crippen molar-refractivity contribution in [1.29, 1.82) is 0 Å². The molecule has 0 aromatic carbocycles. The van der Waals surface area contributed by atoms with Gasteiger partial charge in [-0.1, -0.05) is 26.2 Å². The van der Waals surface area contributed by atoms with Crippen molar-refractivity contribution in [2.45, 2.75) is 69.9 Å². The number of fused-ring (bicyclic) bond motifs is 1. The van der Waals surface area contributed by atoms with Gasteiger partial charge in [0.2, 0.25) is 0 Å². The molecule has 2 heterocycles. The van der Waals surface area contributed by atoms with E-state index in [-0.39, 0.29) is 5.41 Å². The zero-order chi connectivity index (χ0) is 12.9. The van der Waals surface area contributed by atoms with Gasteiger partial charge in [-0.3, -0.25) is 0 Å². The zero-order valence-corrected chi connectivity index (χ0v) is 11.9. The highest BCUT2D eigenvalue weighted by Crippen LogP contribution is 2.43. The molecule has 1 aliphatic heterocycles. The van der Waals surface area contributed by atoms with Crippen LogP contribution in [0.3, 0.4) is 0 Å². The third-order valence-electron chi connectivity index (χ3n) is 5.35. The second kappa shape index (κ2) is 4.30. The molecule has 1 atom stereocenters. The molecule has 0 amide bonds. The Balaban J connectivity index is 1.70. The average molecular weight is 260 g/mol. The molecular weight excluding hydrogens is 236 g/mol. The molecule has 4 nitrogen and oxygen atoms in total. The maximum atomic E-state index is 4.63. The second-order valence-electron chi connectivity index (χ2n) is 6.92. The Hall–Kier alpha value is -0.900. The van der Waals surface area contributed by atoms with Crippen LogP contribution in [0.2, 0.25) is 0 Å². The highest BCUT2D eigenvalue weighted by molar-refractivity contribution is 5.15. The minimum atomic E-state index is 0.273. The zero-order valence-electron chi connectivity index (χ0n) is 11.9. The summed E-state index contributed by atoms with van der Waals surface area (Å²) in [6, 6.07) is 0.474. The first-order valence-electron chi connectivity index (χ1n) is 7.95. The average Bonchev–Trinajstić information content (AvgIpc) is 3.17. The van der Waals surface area contributed by atoms with Gasteiger partial charge >= 0.3 is 0 Å². The fraction of sp³-hybridized carbons (Fsp3) is 0.867. The summed E-state index contributed by atoms with van der Waals surface area (Å²) in [5, 5.41) is 12.8. The van der Waals surface area contributed by atoms with Crippen molar-refractivity contribution in [1.82, 2.24) is 20.1 Å². The van der Waals surface area contributed by atoms with Gasteiger partial charge in [0.1, 0.15) is 5.82 Å². The predicted octanol–water partition coefficient (Wildman–Crippen LogP) is 2.55. The van der Waals surface area contributed by atoms with Gasteiger partial charge in [-0.15, -0.1) is 10.2 Å². The van der Waals surface area contributed by atoms with Crippen molar-refractivity contribution >= 4 is 0 Å². The monoisotopic (exact) mass is 260 g/mol. The summed E-state index contributed by atoms with van der Waals surface area (Å²) in [5.74, 6) is 3.31. The third-order valence-corrected chi connectivity index (χ3v) is 5.35. The molecule has 19 heavy (non-hydrogen) atoms. The number of aromatic nitrogens is 3. The van der Waals surface area contributed by atoms with Crippen molar-refractivity contribution in [3.63, 3.8) is 0 Å². The summed E-state index contributed by atoms with van der Waals surface area (Å²) < 4.78 is 2.45. The van der Waals surface area contributed by atoms with Crippen LogP contribution in [-0.4, -0.2) is 21.3 Å². The van der Waals surface area contributed by atoms with E-state index in [2.05, 4.69) is 27.0 Å². The fourth-order valence-electron chi connectivity index (χ4n) is 4.00. The van der Waals surface area contributed by atoms with Crippen molar-refractivity contribution < 1.29 is 0 Å². The molecule has 2 fully saturated rings. The van der Waals surface area contributed by atoms with Crippen LogP contribution in [-0.2, 0) is 12.0 Å². The van der Waals surface area contributed by atoms with E-state index in [0.717, 1.165) is 19.0 Å². The second-order valence-corrected chi connectivity index (χ2v) is 6.92. The van der Waals surface area contributed by atoms with Gasteiger partial charge < -0.3 is 9.88 Å². The lowest BCUT2D eigenvalue weighted by Crippen LogP contribution is -2.38. The SMILES string of the molecule is CC1(c2nnc3n2CCNC3C2CC2)CCCCC1. The Morgan fingerprint density at radius 2 is 1.95 bits per heavy atom. The fourth-order valence-corrected chi connectivity index (χ4v) is 4.00. The maximum absolute atomic E-state index is 4.63. The molecule has 104 valence electrons. The summed E-state index contributed by atoms with van der Waals surface area (Å²) >= 11 is 0. The molecule has 0 saturated heterocycles. The highest BCUT2D eigenvalue weighted by Gasteiger charge is 2.40. The topological polar surface area (TPSA) is 42.7 Å². The van der Waals surface area contributed by atoms with Crippen LogP contribution < -0.4 is 5.32 Å². The summed E-state index contributed by atoms with van der Waals surface area (Å²) in [6.45, 7) is 4.53. The lowest BCUT2D eigenvalue weighted by Gasteiger charge is -2.34. The molecule has 2 aliphatic carbocycles. The molecule has 4 rings (SSSR count). The molecule has 0 bridgehead atoms. The van der Waals surface area contributed by atoms with Crippen molar-refractivity contribution in [3.05, 3.63) is 11.6 Å². The van der Waals surface area contributed by atoms with Crippen LogP contribution in [0.1, 0.15) is 69.6 Å². The van der Waals surface area contributed by atoms with Crippen LogP contribution in [0.5, 0.6) is 0 Å². The Labute approximate surface area is 115 Å². The van der Waals surface area contributed by atoms with E-state index in [1.54, 1.807) is 0 Å². The molecule has 4 heteroatoms. The van der Waals surface area contributed by atoms with Gasteiger partial charge in [0.05, 0.1) is 6.04 Å². The molecule has 3 aliphatic rings. The van der Waals surface area contributed by atoms with Gasteiger partial charge in [-0.2, -0.15) is 0 Å². The van der Waals surface area contributed by atoms with Crippen LogP contribution in [0.25, 0.3) is 0 Å². The van der Waals surface area contributed by atoms with E-state index < -0.39 is 0 Å². The minimum Gasteiger partial charge on any atom is -0.312 e. The summed E-state index contributed by atoms with van der Waals surface area (Å²) in [5.41, 5.74) is 0.273. The normalized spacial score (nSPS) is 30.1. The highest BCUT2D eigenvalue weighted by atomic mass is 15.3. The summed E-state index contributed by atoms with van der Waals surface area (Å²) in [7, 11) is 0. The van der Waals surface area contributed by atoms with Crippen LogP contribution in [0.15, 0.2) is 0 Å². The van der Waals surface area contributed by atoms with Crippen LogP contribution in [0, 0.1) is 5.92 Å². The predicted molar refractivity (Wildman–Crippen MR) is 73.9 cm³/mol. The molecule has 1 unspecified atom stereocenters. The molecule has 1 aromatic rings. The van der Waals surface area contributed by atoms with E-state index in [1.165, 1.54) is 56.6 Å². The van der Waals surface area contributed by atoms with E-state index in [9.17, 15) is 0 Å². The van der Waals surface area contributed by atoms with E-state index in [0.29, 0.717) is 6.04 Å². The third kappa shape index (κ3) is 1.92. The molecule has 0 radical (unpaired) electrons. The first kappa shape index (κ1) is 11.9. The number of nitrogens with zero attached hydrogens (tertiary/aromatic N) is 3. The van der Waals surface area contributed by atoms with E-state index in [1.807, 2.05) is 0 Å². The van der Waals surface area contributed by atoms with E-state index in [4.69, 9.17) is 0 Å². The van der Waals surface area contributed by atoms with Gasteiger partial charge in [0.25, 0.3) is 0 Å². The molecule has 0 spiro atoms. The van der Waals surface area contributed by atoms with Crippen molar-refractivity contribution in [2.75, 3.05) is 6.54 Å². The lowest BCUT2D eigenvalue weighted by molar-refractivity contribution is 0.283. The van der Waals surface area contributed by atoms with Crippen LogP contribution >= 0.6 is 0 Å².